The lowest BCUT2D eigenvalue weighted by atomic mass is 9.76. The summed E-state index contributed by atoms with van der Waals surface area (Å²) in [5, 5.41) is 0. The second-order valence-corrected chi connectivity index (χ2v) is 3.66. The van der Waals surface area contributed by atoms with Crippen LogP contribution < -0.4 is 0 Å². The summed E-state index contributed by atoms with van der Waals surface area (Å²) in [6, 6.07) is 0. The van der Waals surface area contributed by atoms with Crippen LogP contribution >= 0.6 is 0 Å². The molecular weight excluding hydrogens is 228 g/mol. The van der Waals surface area contributed by atoms with E-state index in [9.17, 15) is 0 Å². The molecule has 0 spiro atoms. The summed E-state index contributed by atoms with van der Waals surface area (Å²) < 4.78 is 0. The molecule has 0 fully saturated rings. The topological polar surface area (TPSA) is 0 Å². The average Bonchev–Trinajstić information content (AvgIpc) is 2.57. The molecule has 0 bridgehead atoms. The first kappa shape index (κ1) is 31.4. The van der Waals surface area contributed by atoms with E-state index in [1.54, 1.807) is 0 Å². The molecule has 0 atom stereocenters. The zero-order valence-electron chi connectivity index (χ0n) is 16.7. The molecule has 0 N–H and O–H groups in total. The van der Waals surface area contributed by atoms with Gasteiger partial charge in [-0.05, 0) is 11.8 Å². The van der Waals surface area contributed by atoms with Crippen molar-refractivity contribution >= 4 is 0 Å². The van der Waals surface area contributed by atoms with E-state index in [2.05, 4.69) is 27.7 Å². The lowest BCUT2D eigenvalue weighted by Crippen LogP contribution is -2.17. The molecular formula is C19H48. The predicted octanol–water partition coefficient (Wildman–Crippen LogP) is 8.50. The minimum Gasteiger partial charge on any atom is -0.0683 e. The normalized spacial score (nSPS) is 8.21. The third-order valence-electron chi connectivity index (χ3n) is 3.31. The summed E-state index contributed by atoms with van der Waals surface area (Å²) >= 11 is 0. The van der Waals surface area contributed by atoms with Gasteiger partial charge in [0.05, 0.1) is 0 Å². The fourth-order valence-corrected chi connectivity index (χ4v) is 1.83. The number of hydrogen-bond acceptors (Lipinski definition) is 0. The molecule has 0 aromatic rings. The molecule has 0 aromatic carbocycles. The molecule has 0 unspecified atom stereocenters. The zero-order valence-corrected chi connectivity index (χ0v) is 16.7. The van der Waals surface area contributed by atoms with Crippen molar-refractivity contribution in [3.63, 3.8) is 0 Å². The van der Waals surface area contributed by atoms with Crippen LogP contribution in [0.3, 0.4) is 0 Å². The maximum atomic E-state index is 2.34. The van der Waals surface area contributed by atoms with Gasteiger partial charge in [0.1, 0.15) is 0 Å². The maximum absolute atomic E-state index is 2.34. The van der Waals surface area contributed by atoms with E-state index < -0.39 is 0 Å². The van der Waals surface area contributed by atoms with Crippen molar-refractivity contribution in [1.29, 1.82) is 0 Å². The third-order valence-corrected chi connectivity index (χ3v) is 3.31. The van der Waals surface area contributed by atoms with Gasteiger partial charge in [-0.25, -0.2) is 0 Å². The van der Waals surface area contributed by atoms with Crippen LogP contribution in [0.1, 0.15) is 122 Å². The number of unbranched alkanes of at least 4 members (excludes halogenated alkanes) is 1. The van der Waals surface area contributed by atoms with Crippen LogP contribution in [0.15, 0.2) is 0 Å². The van der Waals surface area contributed by atoms with Crippen molar-refractivity contribution in [2.45, 2.75) is 122 Å². The van der Waals surface area contributed by atoms with Gasteiger partial charge in [0.25, 0.3) is 0 Å². The van der Waals surface area contributed by atoms with Crippen molar-refractivity contribution in [3.05, 3.63) is 0 Å². The molecule has 0 radical (unpaired) electrons. The molecule has 0 nitrogen and oxygen atoms in total. The van der Waals surface area contributed by atoms with E-state index in [0.29, 0.717) is 5.41 Å². The molecule has 0 aromatic heterocycles. The largest absolute Gasteiger partial charge is 0.0683 e. The minimum atomic E-state index is 0.677. The van der Waals surface area contributed by atoms with Crippen molar-refractivity contribution in [1.82, 2.24) is 0 Å². The van der Waals surface area contributed by atoms with Gasteiger partial charge in [0.2, 0.25) is 0 Å². The van der Waals surface area contributed by atoms with Crippen LogP contribution in [0.5, 0.6) is 0 Å². The number of rotatable bonds is 6. The second-order valence-electron chi connectivity index (χ2n) is 3.66. The highest BCUT2D eigenvalue weighted by molar-refractivity contribution is 4.74. The Bertz CT molecular complexity index is 71.8. The van der Waals surface area contributed by atoms with Crippen LogP contribution in [0.25, 0.3) is 0 Å². The van der Waals surface area contributed by atoms with Crippen LogP contribution in [0.4, 0.5) is 0 Å². The van der Waals surface area contributed by atoms with E-state index in [1.165, 1.54) is 38.5 Å². The molecule has 124 valence electrons. The SMILES string of the molecule is CC.CC.CC.CC.CCCCC(CC)(CC)CC. The van der Waals surface area contributed by atoms with Crippen molar-refractivity contribution < 1.29 is 0 Å². The second kappa shape index (κ2) is 36.1. The van der Waals surface area contributed by atoms with Crippen LogP contribution in [-0.2, 0) is 0 Å². The Morgan fingerprint density at radius 2 is 0.789 bits per heavy atom. The van der Waals surface area contributed by atoms with Gasteiger partial charge in [-0.3, -0.25) is 0 Å². The van der Waals surface area contributed by atoms with Crippen molar-refractivity contribution in [2.24, 2.45) is 5.41 Å². The highest BCUT2D eigenvalue weighted by atomic mass is 14.3. The Morgan fingerprint density at radius 1 is 0.526 bits per heavy atom. The monoisotopic (exact) mass is 276 g/mol. The Morgan fingerprint density at radius 3 is 0.947 bits per heavy atom. The first-order valence-electron chi connectivity index (χ1n) is 9.24. The average molecular weight is 277 g/mol. The quantitative estimate of drug-likeness (QED) is 0.456. The first-order valence-corrected chi connectivity index (χ1v) is 9.24. The molecule has 19 heavy (non-hydrogen) atoms. The first-order chi connectivity index (χ1) is 9.24. The van der Waals surface area contributed by atoms with Gasteiger partial charge in [-0.15, -0.1) is 0 Å². The third kappa shape index (κ3) is 23.5. The minimum absolute atomic E-state index is 0.677. The van der Waals surface area contributed by atoms with Crippen molar-refractivity contribution in [2.75, 3.05) is 0 Å². The Kier molecular flexibility index (Phi) is 59.7. The molecule has 0 saturated heterocycles. The maximum Gasteiger partial charge on any atom is -0.0305 e. The summed E-state index contributed by atoms with van der Waals surface area (Å²) in [5.74, 6) is 0. The summed E-state index contributed by atoms with van der Waals surface area (Å²) in [7, 11) is 0. The fraction of sp³-hybridized carbons (Fsp3) is 1.00. The molecule has 0 aliphatic heterocycles. The molecule has 0 saturated carbocycles. The summed E-state index contributed by atoms with van der Waals surface area (Å²) in [6.45, 7) is 25.3. The molecule has 0 aliphatic rings. The molecule has 0 aliphatic carbocycles. The van der Waals surface area contributed by atoms with Gasteiger partial charge in [0.15, 0.2) is 0 Å². The molecule has 0 heteroatoms. The highest BCUT2D eigenvalue weighted by Crippen LogP contribution is 2.35. The van der Waals surface area contributed by atoms with Gasteiger partial charge in [0, 0.05) is 0 Å². The summed E-state index contributed by atoms with van der Waals surface area (Å²) in [4.78, 5) is 0. The molecule has 0 amide bonds. The van der Waals surface area contributed by atoms with E-state index in [0.717, 1.165) is 0 Å². The van der Waals surface area contributed by atoms with E-state index >= 15 is 0 Å². The Labute approximate surface area is 127 Å². The molecule has 0 rings (SSSR count). The lowest BCUT2D eigenvalue weighted by molar-refractivity contribution is 0.222. The van der Waals surface area contributed by atoms with E-state index in [4.69, 9.17) is 0 Å². The highest BCUT2D eigenvalue weighted by Gasteiger charge is 2.22. The van der Waals surface area contributed by atoms with Gasteiger partial charge in [-0.2, -0.15) is 0 Å². The van der Waals surface area contributed by atoms with Gasteiger partial charge >= 0.3 is 0 Å². The Balaban J connectivity index is -0.0000000693. The summed E-state index contributed by atoms with van der Waals surface area (Å²) in [5.41, 5.74) is 0.677. The van der Waals surface area contributed by atoms with Crippen LogP contribution in [0.2, 0.25) is 0 Å². The zero-order chi connectivity index (χ0) is 16.7. The van der Waals surface area contributed by atoms with Gasteiger partial charge < -0.3 is 0 Å². The predicted molar refractivity (Wildman–Crippen MR) is 98.2 cm³/mol. The van der Waals surface area contributed by atoms with Crippen LogP contribution in [-0.4, -0.2) is 0 Å². The fourth-order valence-electron chi connectivity index (χ4n) is 1.83. The van der Waals surface area contributed by atoms with Gasteiger partial charge in [-0.1, -0.05) is 115 Å². The standard InChI is InChI=1S/C11H24.4C2H6/c1-5-9-10-11(6-2,7-3)8-4;4*1-2/h5-10H2,1-4H3;4*1-2H3. The summed E-state index contributed by atoms with van der Waals surface area (Å²) in [6.07, 6.45) is 8.28. The smallest absolute Gasteiger partial charge is 0.0305 e. The lowest BCUT2D eigenvalue weighted by Gasteiger charge is -2.30. The molecule has 0 heterocycles. The van der Waals surface area contributed by atoms with E-state index in [1.807, 2.05) is 55.4 Å². The van der Waals surface area contributed by atoms with Crippen molar-refractivity contribution in [3.8, 4) is 0 Å². The van der Waals surface area contributed by atoms with Crippen LogP contribution in [0, 0.1) is 5.41 Å². The Hall–Kier alpha value is 0. The number of hydrogen-bond donors (Lipinski definition) is 0. The van der Waals surface area contributed by atoms with E-state index in [-0.39, 0.29) is 0 Å².